The number of rotatable bonds is 10. The molecule has 0 aliphatic rings. The normalized spacial score (nSPS) is 11.4. The van der Waals surface area contributed by atoms with Crippen LogP contribution in [-0.2, 0) is 25.7 Å². The molecule has 0 aromatic heterocycles. The van der Waals surface area contributed by atoms with Gasteiger partial charge in [0.05, 0.1) is 0 Å². The number of aryl methyl sites for hydroxylation is 3. The van der Waals surface area contributed by atoms with Crippen LogP contribution in [0.5, 0.6) is 0 Å². The minimum absolute atomic E-state index is 1.16. The Morgan fingerprint density at radius 3 is 1.68 bits per heavy atom. The van der Waals surface area contributed by atoms with E-state index in [1.165, 1.54) is 63.4 Å². The maximum Gasteiger partial charge on any atom is -0.0117 e. The lowest BCUT2D eigenvalue weighted by Gasteiger charge is -2.23. The molecule has 0 fully saturated rings. The minimum Gasteiger partial charge on any atom is -0.0654 e. The first-order chi connectivity index (χ1) is 12.2. The second-order valence-electron chi connectivity index (χ2n) is 7.58. The molecule has 138 valence electrons. The molecule has 0 atom stereocenters. The average Bonchev–Trinajstić information content (AvgIpc) is 2.63. The van der Waals surface area contributed by atoms with Gasteiger partial charge in [0.15, 0.2) is 0 Å². The van der Waals surface area contributed by atoms with E-state index in [-0.39, 0.29) is 0 Å². The quantitative estimate of drug-likeness (QED) is 0.415. The highest BCUT2D eigenvalue weighted by atomic mass is 14.2. The lowest BCUT2D eigenvalue weighted by molar-refractivity contribution is 0.733. The Kier molecular flexibility index (Phi) is 8.00. The van der Waals surface area contributed by atoms with E-state index in [2.05, 4.69) is 52.8 Å². The van der Waals surface area contributed by atoms with Crippen LogP contribution >= 0.6 is 0 Å². The number of fused-ring (bicyclic) bond motifs is 1. The van der Waals surface area contributed by atoms with Crippen molar-refractivity contribution in [1.82, 2.24) is 0 Å². The van der Waals surface area contributed by atoms with E-state index in [0.29, 0.717) is 0 Å². The molecule has 0 N–H and O–H groups in total. The van der Waals surface area contributed by atoms with Gasteiger partial charge < -0.3 is 0 Å². The van der Waals surface area contributed by atoms with Crippen molar-refractivity contribution in [2.75, 3.05) is 0 Å². The zero-order chi connectivity index (χ0) is 18.2. The smallest absolute Gasteiger partial charge is 0.0117 e. The second kappa shape index (κ2) is 10.00. The first-order valence-corrected chi connectivity index (χ1v) is 10.7. The van der Waals surface area contributed by atoms with Gasteiger partial charge in [0.2, 0.25) is 0 Å². The molecule has 0 unspecified atom stereocenters. The highest BCUT2D eigenvalue weighted by molar-refractivity contribution is 5.93. The van der Waals surface area contributed by atoms with E-state index in [1.807, 2.05) is 0 Å². The maximum atomic E-state index is 2.39. The van der Waals surface area contributed by atoms with Gasteiger partial charge in [-0.15, -0.1) is 0 Å². The van der Waals surface area contributed by atoms with Crippen LogP contribution in [0.25, 0.3) is 10.8 Å². The molecule has 0 radical (unpaired) electrons. The zero-order valence-corrected chi connectivity index (χ0v) is 17.3. The summed E-state index contributed by atoms with van der Waals surface area (Å²) in [7, 11) is 0. The Morgan fingerprint density at radius 1 is 0.640 bits per heavy atom. The standard InChI is InChI=1S/C25H38/c1-6-10-15-21-20(9-4)25-19(5)14-13-18-24(25)23(17-12-8-3)22(21)16-11-7-2/h13-14,18H,6-12,15-17H2,1-5H3. The van der Waals surface area contributed by atoms with Crippen molar-refractivity contribution in [1.29, 1.82) is 0 Å². The lowest BCUT2D eigenvalue weighted by atomic mass is 9.81. The largest absolute Gasteiger partial charge is 0.0654 e. The fourth-order valence-corrected chi connectivity index (χ4v) is 4.34. The van der Waals surface area contributed by atoms with Crippen molar-refractivity contribution in [3.63, 3.8) is 0 Å². The van der Waals surface area contributed by atoms with Crippen LogP contribution in [0.15, 0.2) is 18.2 Å². The highest BCUT2D eigenvalue weighted by Crippen LogP contribution is 2.36. The van der Waals surface area contributed by atoms with Gasteiger partial charge in [-0.1, -0.05) is 65.2 Å². The molecule has 0 nitrogen and oxygen atoms in total. The first-order valence-electron chi connectivity index (χ1n) is 10.7. The molecule has 2 aromatic rings. The summed E-state index contributed by atoms with van der Waals surface area (Å²) in [5.41, 5.74) is 8.22. The molecule has 0 heteroatoms. The van der Waals surface area contributed by atoms with E-state index in [4.69, 9.17) is 0 Å². The second-order valence-corrected chi connectivity index (χ2v) is 7.58. The summed E-state index contributed by atoms with van der Waals surface area (Å²) in [5, 5.41) is 3.12. The molecule has 0 bridgehead atoms. The maximum absolute atomic E-state index is 2.39. The third kappa shape index (κ3) is 4.46. The molecular weight excluding hydrogens is 300 g/mol. The molecule has 0 heterocycles. The fraction of sp³-hybridized carbons (Fsp3) is 0.600. The van der Waals surface area contributed by atoms with E-state index < -0.39 is 0 Å². The van der Waals surface area contributed by atoms with Crippen molar-refractivity contribution < 1.29 is 0 Å². The molecule has 0 aliphatic heterocycles. The molecule has 25 heavy (non-hydrogen) atoms. The number of hydrogen-bond acceptors (Lipinski definition) is 0. The molecule has 0 amide bonds. The number of unbranched alkanes of at least 4 members (excludes halogenated alkanes) is 3. The van der Waals surface area contributed by atoms with Gasteiger partial charge >= 0.3 is 0 Å². The van der Waals surface area contributed by atoms with Crippen molar-refractivity contribution >= 4 is 10.8 Å². The molecule has 2 rings (SSSR count). The Labute approximate surface area is 156 Å². The Morgan fingerprint density at radius 2 is 1.16 bits per heavy atom. The van der Waals surface area contributed by atoms with E-state index in [9.17, 15) is 0 Å². The minimum atomic E-state index is 1.16. The molecular formula is C25H38. The summed E-state index contributed by atoms with van der Waals surface area (Å²) < 4.78 is 0. The summed E-state index contributed by atoms with van der Waals surface area (Å²) in [4.78, 5) is 0. The van der Waals surface area contributed by atoms with Crippen LogP contribution in [0.1, 0.15) is 94.0 Å². The molecule has 0 aliphatic carbocycles. The van der Waals surface area contributed by atoms with Gasteiger partial charge in [-0.25, -0.2) is 0 Å². The van der Waals surface area contributed by atoms with Gasteiger partial charge in [-0.2, -0.15) is 0 Å². The van der Waals surface area contributed by atoms with Crippen LogP contribution in [0.2, 0.25) is 0 Å². The van der Waals surface area contributed by atoms with Crippen LogP contribution in [0, 0.1) is 6.92 Å². The summed E-state index contributed by atoms with van der Waals surface area (Å²) in [6, 6.07) is 6.97. The predicted molar refractivity (Wildman–Crippen MR) is 114 cm³/mol. The van der Waals surface area contributed by atoms with E-state index >= 15 is 0 Å². The van der Waals surface area contributed by atoms with Crippen molar-refractivity contribution in [3.8, 4) is 0 Å². The van der Waals surface area contributed by atoms with Crippen molar-refractivity contribution in [2.24, 2.45) is 0 Å². The van der Waals surface area contributed by atoms with Crippen molar-refractivity contribution in [2.45, 2.75) is 98.8 Å². The molecule has 0 spiro atoms. The van der Waals surface area contributed by atoms with Crippen LogP contribution in [0.4, 0.5) is 0 Å². The number of benzene rings is 2. The summed E-state index contributed by atoms with van der Waals surface area (Å²) in [6.45, 7) is 11.6. The Balaban J connectivity index is 2.78. The predicted octanol–water partition coefficient (Wildman–Crippen LogP) is 7.74. The van der Waals surface area contributed by atoms with Gasteiger partial charge in [-0.05, 0) is 90.5 Å². The van der Waals surface area contributed by atoms with E-state index in [0.717, 1.165) is 6.42 Å². The van der Waals surface area contributed by atoms with Crippen molar-refractivity contribution in [3.05, 3.63) is 46.0 Å². The van der Waals surface area contributed by atoms with Gasteiger partial charge in [-0.3, -0.25) is 0 Å². The lowest BCUT2D eigenvalue weighted by Crippen LogP contribution is -2.08. The average molecular weight is 339 g/mol. The first kappa shape index (κ1) is 20.0. The van der Waals surface area contributed by atoms with Gasteiger partial charge in [0, 0.05) is 0 Å². The van der Waals surface area contributed by atoms with Crippen LogP contribution < -0.4 is 0 Å². The zero-order valence-electron chi connectivity index (χ0n) is 17.3. The third-order valence-corrected chi connectivity index (χ3v) is 5.69. The SMILES string of the molecule is CCCCc1c(CCCC)c(CC)c2c(C)cccc2c1CCCC. The summed E-state index contributed by atoms with van der Waals surface area (Å²) >= 11 is 0. The summed E-state index contributed by atoms with van der Waals surface area (Å²) in [5.74, 6) is 0. The fourth-order valence-electron chi connectivity index (χ4n) is 4.34. The Hall–Kier alpha value is -1.30. The van der Waals surface area contributed by atoms with Crippen LogP contribution in [0.3, 0.4) is 0 Å². The van der Waals surface area contributed by atoms with Gasteiger partial charge in [0.1, 0.15) is 0 Å². The molecule has 2 aromatic carbocycles. The van der Waals surface area contributed by atoms with E-state index in [1.54, 1.807) is 33.0 Å². The summed E-state index contributed by atoms with van der Waals surface area (Å²) in [6.07, 6.45) is 12.7. The van der Waals surface area contributed by atoms with Gasteiger partial charge in [0.25, 0.3) is 0 Å². The highest BCUT2D eigenvalue weighted by Gasteiger charge is 2.18. The Bertz CT molecular complexity index is 678. The molecule has 0 saturated heterocycles. The number of hydrogen-bond donors (Lipinski definition) is 0. The van der Waals surface area contributed by atoms with Crippen LogP contribution in [-0.4, -0.2) is 0 Å². The third-order valence-electron chi connectivity index (χ3n) is 5.69. The molecule has 0 saturated carbocycles. The monoisotopic (exact) mass is 338 g/mol. The topological polar surface area (TPSA) is 0 Å².